The largest absolute Gasteiger partial charge is 0.398 e. The van der Waals surface area contributed by atoms with Gasteiger partial charge in [-0.15, -0.1) is 0 Å². The van der Waals surface area contributed by atoms with Gasteiger partial charge in [0.2, 0.25) is 0 Å². The quantitative estimate of drug-likeness (QED) is 0.666. The van der Waals surface area contributed by atoms with Crippen LogP contribution in [0, 0.1) is 0 Å². The summed E-state index contributed by atoms with van der Waals surface area (Å²) in [7, 11) is 0. The molecule has 0 radical (unpaired) electrons. The van der Waals surface area contributed by atoms with E-state index in [2.05, 4.69) is 46.0 Å². The number of hydrogen-bond acceptors (Lipinski definition) is 2. The number of anilines is 1. The van der Waals surface area contributed by atoms with E-state index in [9.17, 15) is 0 Å². The smallest absolute Gasteiger partial charge is 0.0461 e. The molecular formula is C13H17BrN2. The Labute approximate surface area is 105 Å². The molecule has 2 N–H and O–H groups in total. The molecule has 0 bridgehead atoms. The zero-order valence-corrected chi connectivity index (χ0v) is 11.1. The summed E-state index contributed by atoms with van der Waals surface area (Å²) >= 11 is 3.41. The molecule has 1 aromatic rings. The van der Waals surface area contributed by atoms with Gasteiger partial charge in [-0.2, -0.15) is 0 Å². The zero-order chi connectivity index (χ0) is 11.5. The van der Waals surface area contributed by atoms with Gasteiger partial charge in [-0.25, -0.2) is 0 Å². The van der Waals surface area contributed by atoms with E-state index in [4.69, 9.17) is 5.73 Å². The molecule has 0 aliphatic carbocycles. The van der Waals surface area contributed by atoms with Crippen LogP contribution in [-0.4, -0.2) is 18.0 Å². The maximum Gasteiger partial charge on any atom is 0.0461 e. The Kier molecular flexibility index (Phi) is 3.66. The molecule has 1 aliphatic rings. The van der Waals surface area contributed by atoms with E-state index in [-0.39, 0.29) is 0 Å². The molecule has 0 unspecified atom stereocenters. The van der Waals surface area contributed by atoms with Crippen molar-refractivity contribution < 1.29 is 0 Å². The maximum absolute atomic E-state index is 5.87. The minimum absolute atomic E-state index is 0.821. The van der Waals surface area contributed by atoms with Crippen molar-refractivity contribution in [3.05, 3.63) is 39.9 Å². The highest BCUT2D eigenvalue weighted by Gasteiger charge is 2.09. The lowest BCUT2D eigenvalue weighted by atomic mass is 10.1. The van der Waals surface area contributed by atoms with Gasteiger partial charge in [0.1, 0.15) is 0 Å². The Morgan fingerprint density at radius 2 is 2.25 bits per heavy atom. The van der Waals surface area contributed by atoms with Gasteiger partial charge in [-0.3, -0.25) is 4.90 Å². The Morgan fingerprint density at radius 1 is 1.44 bits per heavy atom. The third kappa shape index (κ3) is 2.86. The van der Waals surface area contributed by atoms with Crippen LogP contribution in [0.15, 0.2) is 34.3 Å². The zero-order valence-electron chi connectivity index (χ0n) is 9.54. The first-order chi connectivity index (χ1) is 7.65. The van der Waals surface area contributed by atoms with Crippen LogP contribution in [0.25, 0.3) is 0 Å². The molecule has 3 heteroatoms. The van der Waals surface area contributed by atoms with Crippen LogP contribution in [0.1, 0.15) is 18.9 Å². The van der Waals surface area contributed by atoms with Crippen LogP contribution >= 0.6 is 15.9 Å². The van der Waals surface area contributed by atoms with E-state index in [0.717, 1.165) is 29.8 Å². The van der Waals surface area contributed by atoms with Crippen LogP contribution in [0.3, 0.4) is 0 Å². The molecule has 16 heavy (non-hydrogen) atoms. The molecule has 0 spiro atoms. The molecule has 0 amide bonds. The summed E-state index contributed by atoms with van der Waals surface area (Å²) in [5, 5.41) is 0. The van der Waals surface area contributed by atoms with Gasteiger partial charge in [0.25, 0.3) is 0 Å². The number of benzene rings is 1. The first-order valence-corrected chi connectivity index (χ1v) is 6.36. The number of hydrogen-bond donors (Lipinski definition) is 1. The summed E-state index contributed by atoms with van der Waals surface area (Å²) in [5.41, 5.74) is 9.48. The van der Waals surface area contributed by atoms with Gasteiger partial charge >= 0.3 is 0 Å². The second-order valence-corrected chi connectivity index (χ2v) is 5.25. The number of nitrogens with two attached hydrogens (primary N) is 1. The second-order valence-electron chi connectivity index (χ2n) is 4.39. The lowest BCUT2D eigenvalue weighted by Gasteiger charge is -2.25. The van der Waals surface area contributed by atoms with Gasteiger partial charge in [0.15, 0.2) is 0 Å². The molecule has 86 valence electrons. The van der Waals surface area contributed by atoms with Crippen molar-refractivity contribution in [2.45, 2.75) is 19.9 Å². The van der Waals surface area contributed by atoms with E-state index in [1.807, 2.05) is 6.07 Å². The molecular weight excluding hydrogens is 264 g/mol. The minimum atomic E-state index is 0.821. The Bertz CT molecular complexity index is 412. The second kappa shape index (κ2) is 5.02. The van der Waals surface area contributed by atoms with Crippen molar-refractivity contribution in [3.8, 4) is 0 Å². The summed E-state index contributed by atoms with van der Waals surface area (Å²) in [5.74, 6) is 0. The number of nitrogens with zero attached hydrogens (tertiary/aromatic N) is 1. The molecule has 1 aliphatic heterocycles. The summed E-state index contributed by atoms with van der Waals surface area (Å²) in [4.78, 5) is 2.44. The van der Waals surface area contributed by atoms with E-state index in [1.54, 1.807) is 0 Å². The minimum Gasteiger partial charge on any atom is -0.398 e. The van der Waals surface area contributed by atoms with Crippen molar-refractivity contribution >= 4 is 21.6 Å². The topological polar surface area (TPSA) is 29.3 Å². The number of nitrogen functional groups attached to an aromatic ring is 1. The van der Waals surface area contributed by atoms with Crippen LogP contribution in [0.2, 0.25) is 0 Å². The van der Waals surface area contributed by atoms with Crippen LogP contribution in [-0.2, 0) is 6.54 Å². The Morgan fingerprint density at radius 3 is 2.88 bits per heavy atom. The molecule has 0 saturated carbocycles. The van der Waals surface area contributed by atoms with Gasteiger partial charge in [0, 0.05) is 29.8 Å². The molecule has 1 heterocycles. The lowest BCUT2D eigenvalue weighted by Crippen LogP contribution is -2.27. The fraction of sp³-hybridized carbons (Fsp3) is 0.385. The van der Waals surface area contributed by atoms with E-state index >= 15 is 0 Å². The van der Waals surface area contributed by atoms with Crippen LogP contribution in [0.4, 0.5) is 5.69 Å². The van der Waals surface area contributed by atoms with Gasteiger partial charge < -0.3 is 5.73 Å². The normalized spacial score (nSPS) is 17.2. The summed E-state index contributed by atoms with van der Waals surface area (Å²) in [6.45, 7) is 5.40. The van der Waals surface area contributed by atoms with E-state index in [1.165, 1.54) is 17.6 Å². The first kappa shape index (κ1) is 11.7. The summed E-state index contributed by atoms with van der Waals surface area (Å²) < 4.78 is 0.977. The van der Waals surface area contributed by atoms with Gasteiger partial charge in [-0.1, -0.05) is 17.7 Å². The predicted molar refractivity (Wildman–Crippen MR) is 72.2 cm³/mol. The molecule has 1 aromatic carbocycles. The average molecular weight is 281 g/mol. The maximum atomic E-state index is 5.87. The summed E-state index contributed by atoms with van der Waals surface area (Å²) in [6.07, 6.45) is 3.50. The third-order valence-corrected chi connectivity index (χ3v) is 3.71. The van der Waals surface area contributed by atoms with Crippen LogP contribution in [0.5, 0.6) is 0 Å². The predicted octanol–water partition coefficient (Wildman–Crippen LogP) is 3.18. The summed E-state index contributed by atoms with van der Waals surface area (Å²) in [6, 6.07) is 6.20. The lowest BCUT2D eigenvalue weighted by molar-refractivity contribution is 0.286. The highest BCUT2D eigenvalue weighted by molar-refractivity contribution is 9.10. The number of halogens is 1. The van der Waals surface area contributed by atoms with Crippen LogP contribution < -0.4 is 5.73 Å². The van der Waals surface area contributed by atoms with Gasteiger partial charge in [0.05, 0.1) is 0 Å². The fourth-order valence-corrected chi connectivity index (χ4v) is 2.15. The number of rotatable bonds is 2. The third-order valence-electron chi connectivity index (χ3n) is 2.99. The standard InChI is InChI=1S/C13H17BrN2/c1-10-4-6-16(7-5-10)9-11-2-3-12(14)13(15)8-11/h2-4,8H,5-7,9,15H2,1H3. The first-order valence-electron chi connectivity index (χ1n) is 5.57. The molecule has 0 saturated heterocycles. The van der Waals surface area contributed by atoms with Crippen molar-refractivity contribution in [2.24, 2.45) is 0 Å². The van der Waals surface area contributed by atoms with E-state index < -0.39 is 0 Å². The fourth-order valence-electron chi connectivity index (χ4n) is 1.91. The SMILES string of the molecule is CC1=CCN(Cc2ccc(Br)c(N)c2)CC1. The van der Waals surface area contributed by atoms with Crippen molar-refractivity contribution in [2.75, 3.05) is 18.8 Å². The molecule has 0 atom stereocenters. The molecule has 0 fully saturated rings. The van der Waals surface area contributed by atoms with E-state index in [0.29, 0.717) is 0 Å². The highest BCUT2D eigenvalue weighted by Crippen LogP contribution is 2.21. The van der Waals surface area contributed by atoms with Gasteiger partial charge in [-0.05, 0) is 47.0 Å². The van der Waals surface area contributed by atoms with Crippen molar-refractivity contribution in [3.63, 3.8) is 0 Å². The molecule has 2 rings (SSSR count). The van der Waals surface area contributed by atoms with Crippen molar-refractivity contribution in [1.82, 2.24) is 4.90 Å². The Hall–Kier alpha value is -0.800. The molecule has 0 aromatic heterocycles. The average Bonchev–Trinajstić information content (AvgIpc) is 2.27. The Balaban J connectivity index is 2.02. The van der Waals surface area contributed by atoms with Crippen molar-refractivity contribution in [1.29, 1.82) is 0 Å². The highest BCUT2D eigenvalue weighted by atomic mass is 79.9. The monoisotopic (exact) mass is 280 g/mol. The molecule has 2 nitrogen and oxygen atoms in total.